The number of hydrogen-bond acceptors (Lipinski definition) is 3. The van der Waals surface area contributed by atoms with E-state index in [4.69, 9.17) is 10.2 Å². The fourth-order valence-electron chi connectivity index (χ4n) is 2.18. The molecule has 0 aromatic rings. The first kappa shape index (κ1) is 11.2. The van der Waals surface area contributed by atoms with Crippen molar-refractivity contribution in [3.63, 3.8) is 0 Å². The minimum Gasteiger partial charge on any atom is -0.481 e. The van der Waals surface area contributed by atoms with Gasteiger partial charge in [-0.2, -0.15) is 0 Å². The highest BCUT2D eigenvalue weighted by Crippen LogP contribution is 2.60. The van der Waals surface area contributed by atoms with Crippen molar-refractivity contribution in [3.05, 3.63) is 0 Å². The van der Waals surface area contributed by atoms with Crippen LogP contribution in [0.2, 0.25) is 0 Å². The number of Topliss-reactive ketones (excluding diaryl/α,β-unsaturated/α-hetero) is 1. The van der Waals surface area contributed by atoms with Crippen LogP contribution in [0.25, 0.3) is 0 Å². The summed E-state index contributed by atoms with van der Waals surface area (Å²) in [5, 5.41) is 17.4. The smallest absolute Gasteiger partial charge is 0.303 e. The summed E-state index contributed by atoms with van der Waals surface area (Å²) in [5.74, 6) is -1.17. The second-order valence-electron chi connectivity index (χ2n) is 4.34. The van der Waals surface area contributed by atoms with Gasteiger partial charge < -0.3 is 10.2 Å². The zero-order valence-electron chi connectivity index (χ0n) is 8.49. The van der Waals surface area contributed by atoms with Crippen LogP contribution in [0.1, 0.15) is 26.7 Å². The van der Waals surface area contributed by atoms with Crippen molar-refractivity contribution in [1.82, 2.24) is 0 Å². The molecule has 0 spiro atoms. The van der Waals surface area contributed by atoms with Crippen LogP contribution in [0.15, 0.2) is 0 Å². The van der Waals surface area contributed by atoms with Crippen molar-refractivity contribution in [2.45, 2.75) is 26.7 Å². The first-order valence-corrected chi connectivity index (χ1v) is 4.79. The quantitative estimate of drug-likeness (QED) is 0.684. The Morgan fingerprint density at radius 3 is 2.43 bits per heavy atom. The molecule has 0 heterocycles. The maximum Gasteiger partial charge on any atom is 0.303 e. The van der Waals surface area contributed by atoms with E-state index >= 15 is 0 Å². The minimum atomic E-state index is -0.869. The van der Waals surface area contributed by atoms with Gasteiger partial charge in [0.05, 0.1) is 6.42 Å². The lowest BCUT2D eigenvalue weighted by atomic mass is 9.85. The number of aliphatic carboxylic acids is 1. The lowest BCUT2D eigenvalue weighted by molar-refractivity contribution is -0.139. The molecule has 2 N–H and O–H groups in total. The van der Waals surface area contributed by atoms with E-state index in [1.54, 1.807) is 0 Å². The first-order valence-electron chi connectivity index (χ1n) is 4.79. The van der Waals surface area contributed by atoms with Gasteiger partial charge in [-0.05, 0) is 17.8 Å². The summed E-state index contributed by atoms with van der Waals surface area (Å²) in [5.41, 5.74) is -0.397. The first-order chi connectivity index (χ1) is 6.44. The van der Waals surface area contributed by atoms with Crippen LogP contribution in [0, 0.1) is 17.3 Å². The van der Waals surface area contributed by atoms with Crippen molar-refractivity contribution in [2.75, 3.05) is 6.61 Å². The van der Waals surface area contributed by atoms with E-state index < -0.39 is 18.0 Å². The predicted octanol–water partition coefficient (Wildman–Crippen LogP) is 0.685. The lowest BCUT2D eigenvalue weighted by Gasteiger charge is -2.18. The Morgan fingerprint density at radius 1 is 1.50 bits per heavy atom. The van der Waals surface area contributed by atoms with Crippen molar-refractivity contribution >= 4 is 11.8 Å². The van der Waals surface area contributed by atoms with Crippen LogP contribution in [-0.2, 0) is 9.59 Å². The summed E-state index contributed by atoms with van der Waals surface area (Å²) in [6, 6.07) is 0. The number of carbonyl (C=O) groups excluding carboxylic acids is 1. The third kappa shape index (κ3) is 1.80. The fourth-order valence-corrected chi connectivity index (χ4v) is 2.18. The van der Waals surface area contributed by atoms with Crippen LogP contribution in [0.3, 0.4) is 0 Å². The van der Waals surface area contributed by atoms with E-state index in [-0.39, 0.29) is 24.0 Å². The van der Waals surface area contributed by atoms with Crippen LogP contribution < -0.4 is 0 Å². The summed E-state index contributed by atoms with van der Waals surface area (Å²) in [7, 11) is 0. The number of rotatable bonds is 5. The molecule has 0 radical (unpaired) electrons. The van der Waals surface area contributed by atoms with Gasteiger partial charge in [0, 0.05) is 5.92 Å². The van der Waals surface area contributed by atoms with Crippen LogP contribution in [0.4, 0.5) is 0 Å². The molecule has 80 valence electrons. The van der Waals surface area contributed by atoms with Gasteiger partial charge in [-0.1, -0.05) is 13.8 Å². The highest BCUT2D eigenvalue weighted by atomic mass is 16.4. The third-order valence-corrected chi connectivity index (χ3v) is 3.29. The summed E-state index contributed by atoms with van der Waals surface area (Å²) in [6.07, 6.45) is 0.636. The highest BCUT2D eigenvalue weighted by Gasteiger charge is 2.59. The molecule has 0 aliphatic heterocycles. The van der Waals surface area contributed by atoms with Gasteiger partial charge >= 0.3 is 5.97 Å². The molecule has 0 bridgehead atoms. The van der Waals surface area contributed by atoms with E-state index in [0.717, 1.165) is 0 Å². The largest absolute Gasteiger partial charge is 0.481 e. The molecular weight excluding hydrogens is 184 g/mol. The van der Waals surface area contributed by atoms with E-state index in [1.165, 1.54) is 0 Å². The molecule has 0 amide bonds. The lowest BCUT2D eigenvalue weighted by Crippen LogP contribution is -2.22. The van der Waals surface area contributed by atoms with Crippen LogP contribution in [0.5, 0.6) is 0 Å². The average molecular weight is 200 g/mol. The number of hydrogen-bond donors (Lipinski definition) is 2. The molecule has 1 rings (SSSR count). The maximum atomic E-state index is 11.2. The Labute approximate surface area is 82.9 Å². The van der Waals surface area contributed by atoms with Gasteiger partial charge in [0.1, 0.15) is 6.61 Å². The van der Waals surface area contributed by atoms with E-state index in [9.17, 15) is 9.59 Å². The number of aliphatic hydroxyl groups excluding tert-OH is 1. The zero-order chi connectivity index (χ0) is 10.9. The van der Waals surface area contributed by atoms with Crippen molar-refractivity contribution < 1.29 is 19.8 Å². The normalized spacial score (nSPS) is 30.4. The maximum absolute atomic E-state index is 11.2. The summed E-state index contributed by atoms with van der Waals surface area (Å²) in [6.45, 7) is 3.37. The van der Waals surface area contributed by atoms with Crippen molar-refractivity contribution in [1.29, 1.82) is 0 Å². The van der Waals surface area contributed by atoms with Gasteiger partial charge in [-0.15, -0.1) is 0 Å². The molecule has 1 aliphatic carbocycles. The molecule has 2 unspecified atom stereocenters. The van der Waals surface area contributed by atoms with Gasteiger partial charge in [0.15, 0.2) is 5.78 Å². The van der Waals surface area contributed by atoms with E-state index in [0.29, 0.717) is 6.42 Å². The van der Waals surface area contributed by atoms with Crippen molar-refractivity contribution in [3.8, 4) is 0 Å². The van der Waals surface area contributed by atoms with Gasteiger partial charge in [-0.3, -0.25) is 9.59 Å². The molecule has 4 heteroatoms. The Bertz CT molecular complexity index is 259. The number of carbonyl (C=O) groups is 2. The van der Waals surface area contributed by atoms with Gasteiger partial charge in [-0.25, -0.2) is 0 Å². The molecule has 1 saturated carbocycles. The molecule has 1 aliphatic rings. The molecule has 4 nitrogen and oxygen atoms in total. The van der Waals surface area contributed by atoms with Crippen LogP contribution >= 0.6 is 0 Å². The highest BCUT2D eigenvalue weighted by molar-refractivity contribution is 5.87. The summed E-state index contributed by atoms with van der Waals surface area (Å²) < 4.78 is 0. The predicted molar refractivity (Wildman–Crippen MR) is 49.7 cm³/mol. The molecule has 14 heavy (non-hydrogen) atoms. The fraction of sp³-hybridized carbons (Fsp3) is 0.800. The van der Waals surface area contributed by atoms with Crippen LogP contribution in [-0.4, -0.2) is 28.6 Å². The average Bonchev–Trinajstić information content (AvgIpc) is 2.78. The SMILES string of the molecule is CC(C)C1(CC(=O)O)CC1C(=O)CO. The second-order valence-corrected chi connectivity index (χ2v) is 4.34. The molecule has 2 atom stereocenters. The second kappa shape index (κ2) is 3.69. The molecular formula is C10H16O4. The zero-order valence-corrected chi connectivity index (χ0v) is 8.49. The standard InChI is InChI=1S/C10H16O4/c1-6(2)10(4-9(13)14)3-7(10)8(12)5-11/h6-7,11H,3-5H2,1-2H3,(H,13,14). The number of ketones is 1. The summed E-state index contributed by atoms with van der Waals surface area (Å²) >= 11 is 0. The van der Waals surface area contributed by atoms with Gasteiger partial charge in [0.25, 0.3) is 0 Å². The minimum absolute atomic E-state index is 0.0288. The monoisotopic (exact) mass is 200 g/mol. The third-order valence-electron chi connectivity index (χ3n) is 3.29. The number of aliphatic hydroxyl groups is 1. The summed E-state index contributed by atoms with van der Waals surface area (Å²) in [4.78, 5) is 21.9. The Kier molecular flexibility index (Phi) is 2.95. The van der Waals surface area contributed by atoms with E-state index in [1.807, 2.05) is 13.8 Å². The number of carboxylic acid groups (broad SMARTS) is 1. The van der Waals surface area contributed by atoms with Gasteiger partial charge in [0.2, 0.25) is 0 Å². The van der Waals surface area contributed by atoms with E-state index in [2.05, 4.69) is 0 Å². The Balaban J connectivity index is 2.70. The molecule has 1 fully saturated rings. The number of carboxylic acids is 1. The Hall–Kier alpha value is -0.900. The Morgan fingerprint density at radius 2 is 2.07 bits per heavy atom. The topological polar surface area (TPSA) is 74.6 Å². The molecule has 0 saturated heterocycles. The van der Waals surface area contributed by atoms with Crippen molar-refractivity contribution in [2.24, 2.45) is 17.3 Å². The molecule has 0 aromatic heterocycles. The molecule has 0 aromatic carbocycles.